The van der Waals surface area contributed by atoms with Crippen molar-refractivity contribution in [2.45, 2.75) is 38.6 Å². The number of amides is 1. The summed E-state index contributed by atoms with van der Waals surface area (Å²) < 4.78 is 5.30. The molecule has 17 heavy (non-hydrogen) atoms. The first kappa shape index (κ1) is 16.7. The van der Waals surface area contributed by atoms with Crippen LogP contribution in [0.2, 0.25) is 0 Å². The van der Waals surface area contributed by atoms with Gasteiger partial charge in [0.05, 0.1) is 12.1 Å². The standard InChI is InChI=1S/C12H24N2O2.ClH/c1-4-6-12(2,13)11(15)14(3)8-10-5-7-16-9-10;/h10H,4-9,13H2,1-3H3;1H. The van der Waals surface area contributed by atoms with Gasteiger partial charge in [-0.05, 0) is 19.8 Å². The van der Waals surface area contributed by atoms with E-state index < -0.39 is 5.54 Å². The van der Waals surface area contributed by atoms with Crippen molar-refractivity contribution < 1.29 is 9.53 Å². The SMILES string of the molecule is CCCC(C)(N)C(=O)N(C)CC1CCOC1.Cl. The van der Waals surface area contributed by atoms with Gasteiger partial charge in [-0.15, -0.1) is 12.4 Å². The molecule has 1 saturated heterocycles. The van der Waals surface area contributed by atoms with Crippen molar-refractivity contribution >= 4 is 18.3 Å². The fourth-order valence-electron chi connectivity index (χ4n) is 2.26. The Hall–Kier alpha value is -0.320. The summed E-state index contributed by atoms with van der Waals surface area (Å²) in [6.07, 6.45) is 2.71. The van der Waals surface area contributed by atoms with Gasteiger partial charge in [-0.1, -0.05) is 13.3 Å². The zero-order chi connectivity index (χ0) is 12.2. The first-order chi connectivity index (χ1) is 7.47. The van der Waals surface area contributed by atoms with E-state index in [1.54, 1.807) is 4.90 Å². The molecule has 2 unspecified atom stereocenters. The molecule has 2 N–H and O–H groups in total. The van der Waals surface area contributed by atoms with Crippen LogP contribution in [-0.2, 0) is 9.53 Å². The summed E-state index contributed by atoms with van der Waals surface area (Å²) in [4.78, 5) is 13.9. The van der Waals surface area contributed by atoms with E-state index >= 15 is 0 Å². The normalized spacial score (nSPS) is 22.7. The number of ether oxygens (including phenoxy) is 1. The van der Waals surface area contributed by atoms with Crippen molar-refractivity contribution in [3.05, 3.63) is 0 Å². The highest BCUT2D eigenvalue weighted by atomic mass is 35.5. The first-order valence-electron chi connectivity index (χ1n) is 6.09. The highest BCUT2D eigenvalue weighted by Crippen LogP contribution is 2.17. The predicted molar refractivity (Wildman–Crippen MR) is 71.3 cm³/mol. The molecule has 102 valence electrons. The molecule has 0 aromatic rings. The highest BCUT2D eigenvalue weighted by Gasteiger charge is 2.31. The number of hydrogen-bond donors (Lipinski definition) is 1. The van der Waals surface area contributed by atoms with E-state index in [-0.39, 0.29) is 18.3 Å². The third kappa shape index (κ3) is 4.82. The van der Waals surface area contributed by atoms with Gasteiger partial charge in [0.1, 0.15) is 0 Å². The molecule has 1 fully saturated rings. The van der Waals surface area contributed by atoms with Crippen LogP contribution < -0.4 is 5.73 Å². The van der Waals surface area contributed by atoms with Crippen molar-refractivity contribution in [3.63, 3.8) is 0 Å². The van der Waals surface area contributed by atoms with Crippen LogP contribution in [0.3, 0.4) is 0 Å². The molecule has 0 aromatic heterocycles. The second-order valence-corrected chi connectivity index (χ2v) is 5.08. The summed E-state index contributed by atoms with van der Waals surface area (Å²) in [6, 6.07) is 0. The van der Waals surface area contributed by atoms with E-state index in [1.165, 1.54) is 0 Å². The van der Waals surface area contributed by atoms with E-state index in [9.17, 15) is 4.79 Å². The smallest absolute Gasteiger partial charge is 0.242 e. The van der Waals surface area contributed by atoms with Gasteiger partial charge in [0.25, 0.3) is 0 Å². The molecule has 1 aliphatic heterocycles. The molecule has 1 heterocycles. The lowest BCUT2D eigenvalue weighted by Crippen LogP contribution is -2.52. The van der Waals surface area contributed by atoms with Crippen molar-refractivity contribution in [3.8, 4) is 0 Å². The quantitative estimate of drug-likeness (QED) is 0.817. The lowest BCUT2D eigenvalue weighted by atomic mass is 9.95. The predicted octanol–water partition coefficient (Wildman–Crippen LogP) is 1.42. The van der Waals surface area contributed by atoms with E-state index in [4.69, 9.17) is 10.5 Å². The Kier molecular flexibility index (Phi) is 7.05. The third-order valence-electron chi connectivity index (χ3n) is 3.16. The van der Waals surface area contributed by atoms with E-state index in [0.29, 0.717) is 5.92 Å². The minimum Gasteiger partial charge on any atom is -0.381 e. The largest absolute Gasteiger partial charge is 0.381 e. The summed E-state index contributed by atoms with van der Waals surface area (Å²) in [7, 11) is 1.83. The Balaban J connectivity index is 0.00000256. The van der Waals surface area contributed by atoms with Gasteiger partial charge >= 0.3 is 0 Å². The second kappa shape index (κ2) is 7.19. The molecule has 5 heteroatoms. The number of nitrogens with two attached hydrogens (primary N) is 1. The van der Waals surface area contributed by atoms with Gasteiger partial charge in [0, 0.05) is 26.1 Å². The molecule has 0 radical (unpaired) electrons. The van der Waals surface area contributed by atoms with E-state index in [0.717, 1.165) is 39.0 Å². The van der Waals surface area contributed by atoms with Crippen LogP contribution in [0.4, 0.5) is 0 Å². The minimum atomic E-state index is -0.719. The summed E-state index contributed by atoms with van der Waals surface area (Å²) >= 11 is 0. The third-order valence-corrected chi connectivity index (χ3v) is 3.16. The highest BCUT2D eigenvalue weighted by molar-refractivity contribution is 5.85. The van der Waals surface area contributed by atoms with Crippen LogP contribution >= 0.6 is 12.4 Å². The minimum absolute atomic E-state index is 0. The number of rotatable bonds is 5. The Morgan fingerprint density at radius 2 is 2.24 bits per heavy atom. The molecule has 0 aromatic carbocycles. The zero-order valence-electron chi connectivity index (χ0n) is 11.1. The number of halogens is 1. The van der Waals surface area contributed by atoms with Crippen LogP contribution in [0.25, 0.3) is 0 Å². The Morgan fingerprint density at radius 1 is 1.59 bits per heavy atom. The fraction of sp³-hybridized carbons (Fsp3) is 0.917. The summed E-state index contributed by atoms with van der Waals surface area (Å²) in [5.74, 6) is 0.521. The molecule has 1 rings (SSSR count). The van der Waals surface area contributed by atoms with Crippen molar-refractivity contribution in [2.75, 3.05) is 26.8 Å². The molecule has 2 atom stereocenters. The van der Waals surface area contributed by atoms with Crippen LogP contribution in [0, 0.1) is 5.92 Å². The molecular formula is C12H25ClN2O2. The molecule has 4 nitrogen and oxygen atoms in total. The Bertz CT molecular complexity index is 241. The number of nitrogens with zero attached hydrogens (tertiary/aromatic N) is 1. The van der Waals surface area contributed by atoms with Crippen molar-refractivity contribution in [2.24, 2.45) is 11.7 Å². The monoisotopic (exact) mass is 264 g/mol. The average Bonchev–Trinajstić information content (AvgIpc) is 2.69. The number of carbonyl (C=O) groups is 1. The molecule has 0 aliphatic carbocycles. The molecule has 0 bridgehead atoms. The lowest BCUT2D eigenvalue weighted by molar-refractivity contribution is -0.135. The van der Waals surface area contributed by atoms with Crippen LogP contribution in [0.1, 0.15) is 33.1 Å². The summed E-state index contributed by atoms with van der Waals surface area (Å²) in [5.41, 5.74) is 5.30. The first-order valence-corrected chi connectivity index (χ1v) is 6.09. The van der Waals surface area contributed by atoms with Gasteiger partial charge in [-0.2, -0.15) is 0 Å². The van der Waals surface area contributed by atoms with Gasteiger partial charge < -0.3 is 15.4 Å². The maximum atomic E-state index is 12.1. The summed E-state index contributed by atoms with van der Waals surface area (Å²) in [5, 5.41) is 0. The van der Waals surface area contributed by atoms with Gasteiger partial charge in [-0.25, -0.2) is 0 Å². The molecule has 0 saturated carbocycles. The molecule has 0 spiro atoms. The van der Waals surface area contributed by atoms with Crippen LogP contribution in [0.15, 0.2) is 0 Å². The van der Waals surface area contributed by atoms with E-state index in [1.807, 2.05) is 20.9 Å². The summed E-state index contributed by atoms with van der Waals surface area (Å²) in [6.45, 7) is 6.22. The lowest BCUT2D eigenvalue weighted by Gasteiger charge is -2.30. The van der Waals surface area contributed by atoms with Crippen LogP contribution in [0.5, 0.6) is 0 Å². The zero-order valence-corrected chi connectivity index (χ0v) is 11.9. The number of likely N-dealkylation sites (N-methyl/N-ethyl adjacent to an activating group) is 1. The maximum Gasteiger partial charge on any atom is 0.242 e. The topological polar surface area (TPSA) is 55.6 Å². The Morgan fingerprint density at radius 3 is 2.71 bits per heavy atom. The maximum absolute atomic E-state index is 12.1. The second-order valence-electron chi connectivity index (χ2n) is 5.08. The molecular weight excluding hydrogens is 240 g/mol. The molecule has 1 aliphatic rings. The van der Waals surface area contributed by atoms with Gasteiger partial charge in [0.2, 0.25) is 5.91 Å². The van der Waals surface area contributed by atoms with Crippen molar-refractivity contribution in [1.82, 2.24) is 4.90 Å². The fourth-order valence-corrected chi connectivity index (χ4v) is 2.26. The number of hydrogen-bond acceptors (Lipinski definition) is 3. The Labute approximate surface area is 110 Å². The van der Waals surface area contributed by atoms with Gasteiger partial charge in [0.15, 0.2) is 0 Å². The van der Waals surface area contributed by atoms with Crippen LogP contribution in [-0.4, -0.2) is 43.2 Å². The van der Waals surface area contributed by atoms with Gasteiger partial charge in [-0.3, -0.25) is 4.79 Å². The number of carbonyl (C=O) groups excluding carboxylic acids is 1. The van der Waals surface area contributed by atoms with E-state index in [2.05, 4.69) is 0 Å². The molecule has 1 amide bonds. The van der Waals surface area contributed by atoms with Crippen molar-refractivity contribution in [1.29, 1.82) is 0 Å². The average molecular weight is 265 g/mol.